The van der Waals surface area contributed by atoms with Gasteiger partial charge in [-0.1, -0.05) is 30.3 Å². The maximum atomic E-state index is 11.6. The van der Waals surface area contributed by atoms with Gasteiger partial charge in [0, 0.05) is 28.9 Å². The van der Waals surface area contributed by atoms with Crippen LogP contribution in [0.5, 0.6) is 5.75 Å². The maximum Gasteiger partial charge on any atom is 0.163 e. The lowest BCUT2D eigenvalue weighted by molar-refractivity contribution is 0.112. The van der Waals surface area contributed by atoms with Gasteiger partial charge in [0.15, 0.2) is 12.1 Å². The molecule has 6 heteroatoms. The standard InChI is InChI=1S/C27H20N4O2/c1-33-22-9-4-7-18(14-22)19-11-12-25-23(15-19)27(29-24-10-3-2-6-21(24)17-32)31-26(30-25)20-8-5-13-28-16-20/h2-17H,1H3,(H,29,30,31). The molecular weight excluding hydrogens is 412 g/mol. The van der Waals surface area contributed by atoms with E-state index in [2.05, 4.69) is 10.3 Å². The molecule has 0 saturated heterocycles. The van der Waals surface area contributed by atoms with Crippen molar-refractivity contribution in [3.63, 3.8) is 0 Å². The predicted octanol–water partition coefficient (Wildman–Crippen LogP) is 5.92. The van der Waals surface area contributed by atoms with Crippen molar-refractivity contribution in [3.8, 4) is 28.3 Å². The summed E-state index contributed by atoms with van der Waals surface area (Å²) in [6.45, 7) is 0. The molecule has 0 unspecified atom stereocenters. The van der Waals surface area contributed by atoms with E-state index >= 15 is 0 Å². The minimum atomic E-state index is 0.552. The van der Waals surface area contributed by atoms with Gasteiger partial charge in [0.2, 0.25) is 0 Å². The fourth-order valence-corrected chi connectivity index (χ4v) is 3.67. The van der Waals surface area contributed by atoms with E-state index < -0.39 is 0 Å². The molecule has 1 N–H and O–H groups in total. The molecule has 0 aliphatic rings. The monoisotopic (exact) mass is 432 g/mol. The van der Waals surface area contributed by atoms with Crippen LogP contribution in [0.4, 0.5) is 11.5 Å². The number of benzene rings is 3. The number of anilines is 2. The maximum absolute atomic E-state index is 11.6. The van der Waals surface area contributed by atoms with Crippen molar-refractivity contribution in [1.29, 1.82) is 0 Å². The Morgan fingerprint density at radius 1 is 0.848 bits per heavy atom. The number of hydrogen-bond donors (Lipinski definition) is 1. The molecule has 0 aliphatic carbocycles. The Bertz CT molecular complexity index is 1450. The Morgan fingerprint density at radius 2 is 1.70 bits per heavy atom. The van der Waals surface area contributed by atoms with Crippen LogP contribution in [-0.2, 0) is 0 Å². The summed E-state index contributed by atoms with van der Waals surface area (Å²) in [5, 5.41) is 4.19. The molecule has 0 saturated carbocycles. The minimum Gasteiger partial charge on any atom is -0.497 e. The summed E-state index contributed by atoms with van der Waals surface area (Å²) in [6, 6.07) is 25.0. The molecule has 33 heavy (non-hydrogen) atoms. The summed E-state index contributed by atoms with van der Waals surface area (Å²) in [5.74, 6) is 1.95. The van der Waals surface area contributed by atoms with Crippen molar-refractivity contribution in [2.75, 3.05) is 12.4 Å². The van der Waals surface area contributed by atoms with Crippen LogP contribution in [0.3, 0.4) is 0 Å². The molecule has 160 valence electrons. The van der Waals surface area contributed by atoms with E-state index in [1.54, 1.807) is 25.6 Å². The zero-order chi connectivity index (χ0) is 22.6. The minimum absolute atomic E-state index is 0.552. The van der Waals surface area contributed by atoms with E-state index in [1.807, 2.05) is 72.8 Å². The van der Waals surface area contributed by atoms with Crippen molar-refractivity contribution in [2.45, 2.75) is 0 Å². The first-order valence-corrected chi connectivity index (χ1v) is 10.4. The van der Waals surface area contributed by atoms with Crippen molar-refractivity contribution < 1.29 is 9.53 Å². The van der Waals surface area contributed by atoms with Gasteiger partial charge in [-0.2, -0.15) is 0 Å². The summed E-state index contributed by atoms with van der Waals surface area (Å²) < 4.78 is 5.38. The van der Waals surface area contributed by atoms with E-state index in [-0.39, 0.29) is 0 Å². The number of carbonyl (C=O) groups excluding carboxylic acids is 1. The molecule has 0 amide bonds. The van der Waals surface area contributed by atoms with Gasteiger partial charge in [-0.25, -0.2) is 9.97 Å². The number of hydrogen-bond acceptors (Lipinski definition) is 6. The Kier molecular flexibility index (Phi) is 5.47. The Labute approximate surface area is 190 Å². The highest BCUT2D eigenvalue weighted by Crippen LogP contribution is 2.32. The lowest BCUT2D eigenvalue weighted by atomic mass is 10.0. The van der Waals surface area contributed by atoms with Crippen LogP contribution in [0, 0.1) is 0 Å². The van der Waals surface area contributed by atoms with E-state index in [0.29, 0.717) is 22.9 Å². The topological polar surface area (TPSA) is 77.0 Å². The Balaban J connectivity index is 1.69. The van der Waals surface area contributed by atoms with Crippen LogP contribution >= 0.6 is 0 Å². The summed E-state index contributed by atoms with van der Waals surface area (Å²) in [5.41, 5.74) is 4.84. The molecule has 0 bridgehead atoms. The van der Waals surface area contributed by atoms with Crippen molar-refractivity contribution in [1.82, 2.24) is 15.0 Å². The normalized spacial score (nSPS) is 10.7. The van der Waals surface area contributed by atoms with Gasteiger partial charge >= 0.3 is 0 Å². The summed E-state index contributed by atoms with van der Waals surface area (Å²) in [7, 11) is 1.65. The molecule has 6 nitrogen and oxygen atoms in total. The van der Waals surface area contributed by atoms with E-state index in [1.165, 1.54) is 0 Å². The molecule has 0 spiro atoms. The summed E-state index contributed by atoms with van der Waals surface area (Å²) >= 11 is 0. The van der Waals surface area contributed by atoms with Gasteiger partial charge < -0.3 is 10.1 Å². The van der Waals surface area contributed by atoms with E-state index in [0.717, 1.165) is 39.6 Å². The molecule has 0 fully saturated rings. The van der Waals surface area contributed by atoms with Gasteiger partial charge in [0.25, 0.3) is 0 Å². The molecule has 0 atom stereocenters. The highest BCUT2D eigenvalue weighted by atomic mass is 16.5. The zero-order valence-corrected chi connectivity index (χ0v) is 17.9. The van der Waals surface area contributed by atoms with Crippen LogP contribution in [0.15, 0.2) is 91.3 Å². The smallest absolute Gasteiger partial charge is 0.163 e. The second-order valence-electron chi connectivity index (χ2n) is 7.43. The van der Waals surface area contributed by atoms with Crippen LogP contribution in [0.25, 0.3) is 33.4 Å². The van der Waals surface area contributed by atoms with Gasteiger partial charge in [0.1, 0.15) is 11.6 Å². The van der Waals surface area contributed by atoms with Crippen LogP contribution < -0.4 is 10.1 Å². The third-order valence-electron chi connectivity index (χ3n) is 5.36. The van der Waals surface area contributed by atoms with Gasteiger partial charge in [-0.15, -0.1) is 0 Å². The number of carbonyl (C=O) groups is 1. The Morgan fingerprint density at radius 3 is 2.52 bits per heavy atom. The number of ether oxygens (including phenoxy) is 1. The predicted molar refractivity (Wildman–Crippen MR) is 130 cm³/mol. The van der Waals surface area contributed by atoms with E-state index in [4.69, 9.17) is 14.7 Å². The van der Waals surface area contributed by atoms with Gasteiger partial charge in [-0.05, 0) is 59.7 Å². The Hall–Kier alpha value is -4.58. The highest BCUT2D eigenvalue weighted by molar-refractivity contribution is 5.97. The van der Waals surface area contributed by atoms with Crippen LogP contribution in [0.1, 0.15) is 10.4 Å². The molecule has 5 aromatic rings. The van der Waals surface area contributed by atoms with Crippen molar-refractivity contribution in [2.24, 2.45) is 0 Å². The fourth-order valence-electron chi connectivity index (χ4n) is 3.67. The fraction of sp³-hybridized carbons (Fsp3) is 0.0370. The number of aromatic nitrogens is 3. The quantitative estimate of drug-likeness (QED) is 0.336. The molecule has 2 aromatic heterocycles. The number of aldehydes is 1. The third-order valence-corrected chi connectivity index (χ3v) is 5.36. The number of methoxy groups -OCH3 is 1. The zero-order valence-electron chi connectivity index (χ0n) is 17.9. The third kappa shape index (κ3) is 4.14. The SMILES string of the molecule is COc1cccc(-c2ccc3nc(-c4cccnc4)nc(Nc4ccccc4C=O)c3c2)c1. The summed E-state index contributed by atoms with van der Waals surface area (Å²) in [6.07, 6.45) is 4.27. The average molecular weight is 432 g/mol. The van der Waals surface area contributed by atoms with Crippen LogP contribution in [-0.4, -0.2) is 28.3 Å². The highest BCUT2D eigenvalue weighted by Gasteiger charge is 2.13. The number of rotatable bonds is 6. The molecule has 0 radical (unpaired) electrons. The van der Waals surface area contributed by atoms with Crippen LogP contribution in [0.2, 0.25) is 0 Å². The average Bonchev–Trinajstić information content (AvgIpc) is 2.89. The largest absolute Gasteiger partial charge is 0.497 e. The summed E-state index contributed by atoms with van der Waals surface area (Å²) in [4.78, 5) is 25.4. The number of fused-ring (bicyclic) bond motifs is 1. The second kappa shape index (κ2) is 8.88. The van der Waals surface area contributed by atoms with Gasteiger partial charge in [-0.3, -0.25) is 9.78 Å². The number of para-hydroxylation sites is 1. The lowest BCUT2D eigenvalue weighted by Gasteiger charge is -2.14. The first kappa shape index (κ1) is 20.3. The molecule has 5 rings (SSSR count). The number of nitrogens with one attached hydrogen (secondary N) is 1. The second-order valence-corrected chi connectivity index (χ2v) is 7.43. The van der Waals surface area contributed by atoms with Crippen molar-refractivity contribution in [3.05, 3.63) is 96.8 Å². The van der Waals surface area contributed by atoms with Gasteiger partial charge in [0.05, 0.1) is 18.3 Å². The molecule has 3 aromatic carbocycles. The van der Waals surface area contributed by atoms with Crippen molar-refractivity contribution >= 4 is 28.7 Å². The first-order chi connectivity index (χ1) is 16.2. The van der Waals surface area contributed by atoms with E-state index in [9.17, 15) is 4.79 Å². The molecule has 0 aliphatic heterocycles. The lowest BCUT2D eigenvalue weighted by Crippen LogP contribution is -2.01. The number of nitrogens with zero attached hydrogens (tertiary/aromatic N) is 3. The molecular formula is C27H20N4O2. The number of pyridine rings is 1. The first-order valence-electron chi connectivity index (χ1n) is 10.4. The molecule has 2 heterocycles.